The van der Waals surface area contributed by atoms with Crippen molar-refractivity contribution in [1.82, 2.24) is 5.32 Å². The van der Waals surface area contributed by atoms with Crippen LogP contribution in [-0.4, -0.2) is 19.8 Å². The maximum Gasteiger partial charge on any atom is 0.0704 e. The van der Waals surface area contributed by atoms with Crippen molar-refractivity contribution in [1.29, 1.82) is 0 Å². The van der Waals surface area contributed by atoms with E-state index in [0.717, 1.165) is 25.7 Å². The van der Waals surface area contributed by atoms with Crippen molar-refractivity contribution in [2.24, 2.45) is 5.92 Å². The number of thiophene rings is 1. The first-order chi connectivity index (χ1) is 8.83. The highest BCUT2D eigenvalue weighted by Gasteiger charge is 2.22. The van der Waals surface area contributed by atoms with Crippen molar-refractivity contribution >= 4 is 27.3 Å². The molecule has 4 heteroatoms. The smallest absolute Gasteiger partial charge is 0.0704 e. The van der Waals surface area contributed by atoms with E-state index in [1.54, 1.807) is 10.4 Å². The minimum absolute atomic E-state index is 0.582. The number of aryl methyl sites for hydroxylation is 1. The lowest BCUT2D eigenvalue weighted by Crippen LogP contribution is -2.26. The first-order valence-corrected chi connectivity index (χ1v) is 8.53. The van der Waals surface area contributed by atoms with Crippen molar-refractivity contribution in [3.63, 3.8) is 0 Å². The van der Waals surface area contributed by atoms with Crippen molar-refractivity contribution in [2.45, 2.75) is 38.1 Å². The number of halogens is 1. The molecule has 1 aliphatic heterocycles. The highest BCUT2D eigenvalue weighted by Crippen LogP contribution is 2.37. The minimum Gasteiger partial charge on any atom is -0.381 e. The van der Waals surface area contributed by atoms with Gasteiger partial charge >= 0.3 is 0 Å². The molecule has 2 heterocycles. The van der Waals surface area contributed by atoms with Crippen LogP contribution in [0.5, 0.6) is 0 Å². The molecule has 1 aromatic heterocycles. The van der Waals surface area contributed by atoms with E-state index < -0.39 is 0 Å². The van der Waals surface area contributed by atoms with E-state index in [4.69, 9.17) is 4.74 Å². The standard InChI is InChI=1S/C14H20BrNOS/c15-14-8-11-12(2-1-3-13(11)18-14)16-6-4-10-5-7-17-9-10/h8,10,12,16H,1-7,9H2. The van der Waals surface area contributed by atoms with Gasteiger partial charge in [-0.15, -0.1) is 11.3 Å². The van der Waals surface area contributed by atoms with E-state index in [9.17, 15) is 0 Å². The molecule has 0 saturated carbocycles. The average molecular weight is 330 g/mol. The summed E-state index contributed by atoms with van der Waals surface area (Å²) in [6, 6.07) is 2.90. The summed E-state index contributed by atoms with van der Waals surface area (Å²) in [5.41, 5.74) is 1.54. The Morgan fingerprint density at radius 3 is 3.22 bits per heavy atom. The van der Waals surface area contributed by atoms with Gasteiger partial charge in [-0.05, 0) is 72.1 Å². The topological polar surface area (TPSA) is 21.3 Å². The molecule has 2 aliphatic rings. The van der Waals surface area contributed by atoms with Gasteiger partial charge in [0.2, 0.25) is 0 Å². The van der Waals surface area contributed by atoms with E-state index in [1.165, 1.54) is 35.9 Å². The molecule has 2 atom stereocenters. The predicted molar refractivity (Wildman–Crippen MR) is 79.2 cm³/mol. The molecular weight excluding hydrogens is 310 g/mol. The third-order valence-corrected chi connectivity index (χ3v) is 5.76. The summed E-state index contributed by atoms with van der Waals surface area (Å²) >= 11 is 5.53. The van der Waals surface area contributed by atoms with Gasteiger partial charge in [-0.2, -0.15) is 0 Å². The Balaban J connectivity index is 1.53. The largest absolute Gasteiger partial charge is 0.381 e. The monoisotopic (exact) mass is 329 g/mol. The van der Waals surface area contributed by atoms with Crippen molar-refractivity contribution in [3.8, 4) is 0 Å². The van der Waals surface area contributed by atoms with Gasteiger partial charge in [-0.25, -0.2) is 0 Å². The first kappa shape index (κ1) is 13.1. The second-order valence-electron chi connectivity index (χ2n) is 5.35. The van der Waals surface area contributed by atoms with Gasteiger partial charge in [-0.3, -0.25) is 0 Å². The Bertz CT molecular complexity index is 400. The lowest BCUT2D eigenvalue weighted by atomic mass is 9.93. The maximum atomic E-state index is 5.43. The molecule has 18 heavy (non-hydrogen) atoms. The van der Waals surface area contributed by atoms with Crippen LogP contribution in [0.3, 0.4) is 0 Å². The third-order valence-electron chi connectivity index (χ3n) is 4.05. The number of rotatable bonds is 4. The van der Waals surface area contributed by atoms with Crippen LogP contribution in [0.25, 0.3) is 0 Å². The summed E-state index contributed by atoms with van der Waals surface area (Å²) in [7, 11) is 0. The predicted octanol–water partition coefficient (Wildman–Crippen LogP) is 3.90. The minimum atomic E-state index is 0.582. The fraction of sp³-hybridized carbons (Fsp3) is 0.714. The molecule has 2 nitrogen and oxygen atoms in total. The zero-order valence-electron chi connectivity index (χ0n) is 10.6. The van der Waals surface area contributed by atoms with Crippen LogP contribution in [0.2, 0.25) is 0 Å². The van der Waals surface area contributed by atoms with E-state index in [1.807, 2.05) is 11.3 Å². The zero-order chi connectivity index (χ0) is 12.4. The molecule has 0 bridgehead atoms. The highest BCUT2D eigenvalue weighted by molar-refractivity contribution is 9.11. The summed E-state index contributed by atoms with van der Waals surface area (Å²) < 4.78 is 6.71. The van der Waals surface area contributed by atoms with Crippen LogP contribution in [0.15, 0.2) is 9.85 Å². The molecule has 1 saturated heterocycles. The summed E-state index contributed by atoms with van der Waals surface area (Å²) in [4.78, 5) is 1.58. The Labute approximate surface area is 121 Å². The van der Waals surface area contributed by atoms with Crippen LogP contribution < -0.4 is 5.32 Å². The van der Waals surface area contributed by atoms with Gasteiger partial charge in [0, 0.05) is 24.1 Å². The highest BCUT2D eigenvalue weighted by atomic mass is 79.9. The normalized spacial score (nSPS) is 27.4. The molecular formula is C14H20BrNOS. The van der Waals surface area contributed by atoms with E-state index in [2.05, 4.69) is 27.3 Å². The van der Waals surface area contributed by atoms with E-state index >= 15 is 0 Å². The number of ether oxygens (including phenoxy) is 1. The Hall–Kier alpha value is 0.1000. The van der Waals surface area contributed by atoms with Crippen LogP contribution in [0.1, 0.15) is 42.2 Å². The van der Waals surface area contributed by atoms with Gasteiger partial charge < -0.3 is 10.1 Å². The Kier molecular flexibility index (Phi) is 4.39. The van der Waals surface area contributed by atoms with Crippen LogP contribution in [0, 0.1) is 5.92 Å². The molecule has 0 aromatic carbocycles. The number of hydrogen-bond donors (Lipinski definition) is 1. The molecule has 0 amide bonds. The van der Waals surface area contributed by atoms with Gasteiger partial charge in [0.15, 0.2) is 0 Å². The lowest BCUT2D eigenvalue weighted by molar-refractivity contribution is 0.184. The van der Waals surface area contributed by atoms with Crippen molar-refractivity contribution < 1.29 is 4.74 Å². The van der Waals surface area contributed by atoms with Crippen molar-refractivity contribution in [2.75, 3.05) is 19.8 Å². The van der Waals surface area contributed by atoms with Crippen LogP contribution >= 0.6 is 27.3 Å². The molecule has 0 radical (unpaired) electrons. The second-order valence-corrected chi connectivity index (χ2v) is 7.86. The summed E-state index contributed by atoms with van der Waals surface area (Å²) in [6.07, 6.45) is 6.39. The molecule has 2 unspecified atom stereocenters. The second kappa shape index (κ2) is 6.04. The molecule has 3 rings (SSSR count). The zero-order valence-corrected chi connectivity index (χ0v) is 13.0. The van der Waals surface area contributed by atoms with Gasteiger partial charge in [-0.1, -0.05) is 0 Å². The molecule has 1 aromatic rings. The summed E-state index contributed by atoms with van der Waals surface area (Å²) in [6.45, 7) is 3.07. The van der Waals surface area contributed by atoms with Gasteiger partial charge in [0.05, 0.1) is 3.79 Å². The fourth-order valence-electron chi connectivity index (χ4n) is 3.01. The third kappa shape index (κ3) is 2.98. The summed E-state index contributed by atoms with van der Waals surface area (Å²) in [5.74, 6) is 0.787. The quantitative estimate of drug-likeness (QED) is 0.904. The average Bonchev–Trinajstić information content (AvgIpc) is 2.97. The van der Waals surface area contributed by atoms with E-state index in [-0.39, 0.29) is 0 Å². The van der Waals surface area contributed by atoms with Crippen molar-refractivity contribution in [3.05, 3.63) is 20.3 Å². The molecule has 1 aliphatic carbocycles. The molecule has 100 valence electrons. The Morgan fingerprint density at radius 2 is 2.39 bits per heavy atom. The molecule has 1 N–H and O–H groups in total. The first-order valence-electron chi connectivity index (χ1n) is 6.92. The van der Waals surface area contributed by atoms with Crippen LogP contribution in [0.4, 0.5) is 0 Å². The number of fused-ring (bicyclic) bond motifs is 1. The molecule has 1 fully saturated rings. The van der Waals surface area contributed by atoms with E-state index in [0.29, 0.717) is 6.04 Å². The summed E-state index contributed by atoms with van der Waals surface area (Å²) in [5, 5.41) is 3.75. The maximum absolute atomic E-state index is 5.43. The van der Waals surface area contributed by atoms with Gasteiger partial charge in [0.25, 0.3) is 0 Å². The van der Waals surface area contributed by atoms with Crippen LogP contribution in [-0.2, 0) is 11.2 Å². The number of nitrogens with one attached hydrogen (secondary N) is 1. The fourth-order valence-corrected chi connectivity index (χ4v) is 4.83. The number of hydrogen-bond acceptors (Lipinski definition) is 3. The molecule has 0 spiro atoms. The van der Waals surface area contributed by atoms with Gasteiger partial charge in [0.1, 0.15) is 0 Å². The SMILES string of the molecule is Brc1cc2c(s1)CCCC2NCCC1CCOC1. The lowest BCUT2D eigenvalue weighted by Gasteiger charge is -2.24. The Morgan fingerprint density at radius 1 is 1.44 bits per heavy atom.